The van der Waals surface area contributed by atoms with Gasteiger partial charge in [-0.05, 0) is 73.5 Å². The molecule has 0 amide bonds. The number of rotatable bonds is 16. The van der Waals surface area contributed by atoms with Gasteiger partial charge in [0, 0.05) is 18.2 Å². The Kier molecular flexibility index (Phi) is 14.3. The van der Waals surface area contributed by atoms with Crippen LogP contribution in [0.25, 0.3) is 12.2 Å². The summed E-state index contributed by atoms with van der Waals surface area (Å²) in [6.07, 6.45) is 12.8. The van der Waals surface area contributed by atoms with Crippen molar-refractivity contribution in [3.63, 3.8) is 0 Å². The van der Waals surface area contributed by atoms with E-state index in [1.807, 2.05) is 0 Å². The van der Waals surface area contributed by atoms with Crippen molar-refractivity contribution in [2.45, 2.75) is 13.8 Å². The smallest absolute Gasteiger partial charge is 0.330 e. The van der Waals surface area contributed by atoms with Crippen LogP contribution in [0.2, 0.25) is 0 Å². The normalized spacial score (nSPS) is 11.8. The Bertz CT molecular complexity index is 1300. The summed E-state index contributed by atoms with van der Waals surface area (Å²) in [6.45, 7) is 4.44. The summed E-state index contributed by atoms with van der Waals surface area (Å²) in [5.41, 5.74) is 1.47. The van der Waals surface area contributed by atoms with Gasteiger partial charge in [-0.1, -0.05) is 30.4 Å². The van der Waals surface area contributed by atoms with Crippen LogP contribution < -0.4 is 14.2 Å². The van der Waals surface area contributed by atoms with Gasteiger partial charge in [0.25, 0.3) is 0 Å². The third-order valence-corrected chi connectivity index (χ3v) is 5.01. The van der Waals surface area contributed by atoms with Crippen LogP contribution in [-0.2, 0) is 23.9 Å². The van der Waals surface area contributed by atoms with Gasteiger partial charge in [0.1, 0.15) is 24.7 Å². The Labute approximate surface area is 239 Å². The molecule has 9 heteroatoms. The van der Waals surface area contributed by atoms with E-state index in [2.05, 4.69) is 0 Å². The van der Waals surface area contributed by atoms with Crippen LogP contribution in [0.15, 0.2) is 90.8 Å². The first-order chi connectivity index (χ1) is 19.8. The topological polar surface area (TPSA) is 118 Å². The first-order valence-electron chi connectivity index (χ1n) is 12.9. The molecule has 0 aromatic heterocycles. The van der Waals surface area contributed by atoms with Crippen molar-refractivity contribution in [1.82, 2.24) is 0 Å². The molecule has 0 bridgehead atoms. The van der Waals surface area contributed by atoms with Crippen molar-refractivity contribution in [1.29, 1.82) is 0 Å². The highest BCUT2D eigenvalue weighted by Gasteiger charge is 2.05. The van der Waals surface area contributed by atoms with E-state index in [0.29, 0.717) is 36.0 Å². The minimum Gasteiger partial charge on any atom is -0.508 e. The molecule has 2 aromatic carbocycles. The van der Waals surface area contributed by atoms with Crippen LogP contribution in [0.4, 0.5) is 0 Å². The summed E-state index contributed by atoms with van der Waals surface area (Å²) < 4.78 is 26.1. The summed E-state index contributed by atoms with van der Waals surface area (Å²) in [6, 6.07) is 12.2. The number of esters is 2. The van der Waals surface area contributed by atoms with Gasteiger partial charge in [-0.25, -0.2) is 9.59 Å². The third kappa shape index (κ3) is 13.0. The van der Waals surface area contributed by atoms with E-state index in [4.69, 9.17) is 23.7 Å². The molecule has 0 spiro atoms. The number of carbonyl (C=O) groups is 3. The maximum atomic E-state index is 12.2. The number of hydrogen-bond donors (Lipinski definition) is 1. The van der Waals surface area contributed by atoms with Gasteiger partial charge in [0.05, 0.1) is 20.3 Å². The summed E-state index contributed by atoms with van der Waals surface area (Å²) in [4.78, 5) is 34.8. The summed E-state index contributed by atoms with van der Waals surface area (Å²) in [5.74, 6) is 0.0655. The molecular formula is C32H34O9. The van der Waals surface area contributed by atoms with Crippen LogP contribution in [0.1, 0.15) is 25.0 Å². The number of aliphatic hydroxyl groups excluding tert-OH is 1. The molecule has 0 aliphatic heterocycles. The highest BCUT2D eigenvalue weighted by molar-refractivity contribution is 6.02. The van der Waals surface area contributed by atoms with E-state index in [1.165, 1.54) is 31.4 Å². The SMILES string of the molecule is CCOC(=O)/C=C/COc1ccc(/C=C/C(=O)/C=C(O)/C=C/c2ccc(OC/C=C/C(=O)OCC)c(OC)c2)cc1. The second-order valence-electron chi connectivity index (χ2n) is 8.05. The fourth-order valence-electron chi connectivity index (χ4n) is 3.14. The lowest BCUT2D eigenvalue weighted by Gasteiger charge is -2.09. The van der Waals surface area contributed by atoms with Gasteiger partial charge in [-0.3, -0.25) is 4.79 Å². The van der Waals surface area contributed by atoms with Crippen LogP contribution in [0.3, 0.4) is 0 Å². The molecule has 0 fully saturated rings. The molecule has 0 unspecified atom stereocenters. The number of carbonyl (C=O) groups excluding carboxylic acids is 3. The highest BCUT2D eigenvalue weighted by Crippen LogP contribution is 2.28. The van der Waals surface area contributed by atoms with E-state index >= 15 is 0 Å². The molecule has 0 aliphatic rings. The van der Waals surface area contributed by atoms with Crippen molar-refractivity contribution in [2.24, 2.45) is 0 Å². The number of allylic oxidation sites excluding steroid dienone is 3. The molecule has 0 heterocycles. The molecule has 2 rings (SSSR count). The fourth-order valence-corrected chi connectivity index (χ4v) is 3.14. The first kappa shape index (κ1) is 32.2. The minimum atomic E-state index is -0.440. The van der Waals surface area contributed by atoms with Gasteiger partial charge in [0.2, 0.25) is 0 Å². The van der Waals surface area contributed by atoms with Crippen LogP contribution >= 0.6 is 0 Å². The van der Waals surface area contributed by atoms with Crippen molar-refractivity contribution in [3.8, 4) is 17.2 Å². The van der Waals surface area contributed by atoms with Crippen molar-refractivity contribution >= 4 is 29.9 Å². The summed E-state index contributed by atoms with van der Waals surface area (Å²) >= 11 is 0. The predicted molar refractivity (Wildman–Crippen MR) is 156 cm³/mol. The van der Waals surface area contributed by atoms with Crippen LogP contribution in [0, 0.1) is 0 Å². The summed E-state index contributed by atoms with van der Waals surface area (Å²) in [5, 5.41) is 10.2. The van der Waals surface area contributed by atoms with Crippen LogP contribution in [0.5, 0.6) is 17.2 Å². The number of methoxy groups -OCH3 is 1. The molecule has 216 valence electrons. The number of ketones is 1. The lowest BCUT2D eigenvalue weighted by atomic mass is 10.1. The predicted octanol–water partition coefficient (Wildman–Crippen LogP) is 5.43. The first-order valence-corrected chi connectivity index (χ1v) is 12.9. The van der Waals surface area contributed by atoms with Crippen molar-refractivity contribution in [2.75, 3.05) is 33.5 Å². The number of ether oxygens (including phenoxy) is 5. The number of hydrogen-bond acceptors (Lipinski definition) is 9. The average Bonchev–Trinajstić information content (AvgIpc) is 2.96. The van der Waals surface area contributed by atoms with Gasteiger partial charge < -0.3 is 28.8 Å². The lowest BCUT2D eigenvalue weighted by Crippen LogP contribution is -2.01. The molecule has 2 aromatic rings. The monoisotopic (exact) mass is 562 g/mol. The standard InChI is InChI=1S/C32H34O9/c1-4-38-31(35)8-6-20-40-28-17-12-24(13-18-28)10-15-26(33)23-27(34)16-11-25-14-19-29(30(22-25)37-3)41-21-7-9-32(36)39-5-2/h6-19,22-23,34H,4-5,20-21H2,1-3H3/b8-6+,9-7+,15-10+,16-11+,27-23-. The van der Waals surface area contributed by atoms with Gasteiger partial charge >= 0.3 is 11.9 Å². The number of benzene rings is 2. The van der Waals surface area contributed by atoms with Gasteiger partial charge in [-0.15, -0.1) is 0 Å². The van der Waals surface area contributed by atoms with E-state index in [-0.39, 0.29) is 19.0 Å². The van der Waals surface area contributed by atoms with Gasteiger partial charge in [0.15, 0.2) is 17.3 Å². The van der Waals surface area contributed by atoms with E-state index in [9.17, 15) is 19.5 Å². The molecule has 0 atom stereocenters. The molecule has 0 saturated carbocycles. The maximum absolute atomic E-state index is 12.2. The average molecular weight is 563 g/mol. The maximum Gasteiger partial charge on any atom is 0.330 e. The minimum absolute atomic E-state index is 0.150. The molecule has 41 heavy (non-hydrogen) atoms. The molecule has 0 saturated heterocycles. The second kappa shape index (κ2) is 18.3. The molecule has 9 nitrogen and oxygen atoms in total. The Morgan fingerprint density at radius 3 is 1.93 bits per heavy atom. The van der Waals surface area contributed by atoms with E-state index in [0.717, 1.165) is 11.6 Å². The van der Waals surface area contributed by atoms with Crippen molar-refractivity contribution in [3.05, 3.63) is 102 Å². The molecular weight excluding hydrogens is 528 g/mol. The quantitative estimate of drug-likeness (QED) is 0.124. The zero-order chi connectivity index (χ0) is 29.9. The van der Waals surface area contributed by atoms with Gasteiger partial charge in [-0.2, -0.15) is 0 Å². The van der Waals surface area contributed by atoms with E-state index in [1.54, 1.807) is 80.6 Å². The Morgan fingerprint density at radius 2 is 1.32 bits per heavy atom. The Hall–Kier alpha value is -5.05. The Balaban J connectivity index is 1.88. The molecule has 1 N–H and O–H groups in total. The second-order valence-corrected chi connectivity index (χ2v) is 8.05. The number of aliphatic hydroxyl groups is 1. The molecule has 0 aliphatic carbocycles. The Morgan fingerprint density at radius 1 is 0.732 bits per heavy atom. The third-order valence-electron chi connectivity index (χ3n) is 5.01. The zero-order valence-electron chi connectivity index (χ0n) is 23.3. The molecule has 0 radical (unpaired) electrons. The van der Waals surface area contributed by atoms with E-state index < -0.39 is 17.7 Å². The summed E-state index contributed by atoms with van der Waals surface area (Å²) in [7, 11) is 1.50. The lowest BCUT2D eigenvalue weighted by molar-refractivity contribution is -0.138. The largest absolute Gasteiger partial charge is 0.508 e. The van der Waals surface area contributed by atoms with Crippen molar-refractivity contribution < 1.29 is 43.2 Å². The zero-order valence-corrected chi connectivity index (χ0v) is 23.3. The van der Waals surface area contributed by atoms with Crippen LogP contribution in [-0.4, -0.2) is 56.4 Å². The highest BCUT2D eigenvalue weighted by atomic mass is 16.5. The fraction of sp³-hybridized carbons (Fsp3) is 0.219.